The molecule has 1 aromatic rings. The summed E-state index contributed by atoms with van der Waals surface area (Å²) in [7, 11) is 0. The minimum Gasteiger partial charge on any atom is -0.396 e. The van der Waals surface area contributed by atoms with E-state index in [1.807, 2.05) is 11.8 Å². The van der Waals surface area contributed by atoms with Gasteiger partial charge in [0.05, 0.1) is 0 Å². The van der Waals surface area contributed by atoms with Gasteiger partial charge in [0.15, 0.2) is 0 Å². The highest BCUT2D eigenvalue weighted by Gasteiger charge is 1.96. The van der Waals surface area contributed by atoms with Crippen molar-refractivity contribution in [3.05, 3.63) is 29.8 Å². The molecular formula is C13H21NOS. The molecule has 0 aliphatic carbocycles. The Labute approximate surface area is 102 Å². The SMILES string of the molecule is CCCNCc1cccc(SCCCO)c1. The molecule has 0 atom stereocenters. The van der Waals surface area contributed by atoms with Gasteiger partial charge in [-0.15, -0.1) is 11.8 Å². The van der Waals surface area contributed by atoms with Gasteiger partial charge in [-0.05, 0) is 37.1 Å². The van der Waals surface area contributed by atoms with Gasteiger partial charge in [-0.2, -0.15) is 0 Å². The van der Waals surface area contributed by atoms with Gasteiger partial charge in [-0.1, -0.05) is 19.1 Å². The Kier molecular flexibility index (Phi) is 7.30. The van der Waals surface area contributed by atoms with Crippen molar-refractivity contribution < 1.29 is 5.11 Å². The lowest BCUT2D eigenvalue weighted by atomic mass is 10.2. The maximum atomic E-state index is 8.72. The zero-order valence-corrected chi connectivity index (χ0v) is 10.7. The molecule has 1 rings (SSSR count). The molecule has 0 unspecified atom stereocenters. The fourth-order valence-corrected chi connectivity index (χ4v) is 2.33. The molecule has 0 amide bonds. The Morgan fingerprint density at radius 3 is 3.00 bits per heavy atom. The van der Waals surface area contributed by atoms with Crippen molar-refractivity contribution in [2.45, 2.75) is 31.2 Å². The summed E-state index contributed by atoms with van der Waals surface area (Å²) in [6, 6.07) is 8.61. The molecule has 0 aromatic heterocycles. The smallest absolute Gasteiger partial charge is 0.0439 e. The van der Waals surface area contributed by atoms with E-state index in [-0.39, 0.29) is 6.61 Å². The number of nitrogens with one attached hydrogen (secondary N) is 1. The normalized spacial score (nSPS) is 10.6. The summed E-state index contributed by atoms with van der Waals surface area (Å²) in [6.45, 7) is 4.48. The van der Waals surface area contributed by atoms with Crippen LogP contribution in [0.3, 0.4) is 0 Å². The van der Waals surface area contributed by atoms with Crippen molar-refractivity contribution >= 4 is 11.8 Å². The maximum absolute atomic E-state index is 8.72. The standard InChI is InChI=1S/C13H21NOS/c1-2-7-14-11-12-5-3-6-13(10-12)16-9-4-8-15/h3,5-6,10,14-15H,2,4,7-9,11H2,1H3. The molecular weight excluding hydrogens is 218 g/mol. The van der Waals surface area contributed by atoms with Gasteiger partial charge in [0.25, 0.3) is 0 Å². The van der Waals surface area contributed by atoms with Crippen molar-refractivity contribution in [3.8, 4) is 0 Å². The first-order chi connectivity index (χ1) is 7.86. The molecule has 0 bridgehead atoms. The Bertz CT molecular complexity index is 266. The fraction of sp³-hybridized carbons (Fsp3) is 0.538. The van der Waals surface area contributed by atoms with Crippen LogP contribution in [0.4, 0.5) is 0 Å². The average molecular weight is 239 g/mol. The van der Waals surface area contributed by atoms with E-state index in [1.54, 1.807) is 0 Å². The molecule has 0 saturated heterocycles. The lowest BCUT2D eigenvalue weighted by Gasteiger charge is -2.06. The Morgan fingerprint density at radius 2 is 2.25 bits per heavy atom. The molecule has 1 aromatic carbocycles. The highest BCUT2D eigenvalue weighted by molar-refractivity contribution is 7.99. The van der Waals surface area contributed by atoms with E-state index in [9.17, 15) is 0 Å². The maximum Gasteiger partial charge on any atom is 0.0439 e. The van der Waals surface area contributed by atoms with Gasteiger partial charge in [-0.3, -0.25) is 0 Å². The second-order valence-corrected chi connectivity index (χ2v) is 4.92. The zero-order valence-electron chi connectivity index (χ0n) is 9.91. The first kappa shape index (κ1) is 13.6. The van der Waals surface area contributed by atoms with Crippen LogP contribution in [0.15, 0.2) is 29.2 Å². The minimum atomic E-state index is 0.282. The van der Waals surface area contributed by atoms with Gasteiger partial charge in [-0.25, -0.2) is 0 Å². The van der Waals surface area contributed by atoms with Crippen LogP contribution in [-0.4, -0.2) is 24.0 Å². The molecule has 3 heteroatoms. The van der Waals surface area contributed by atoms with E-state index in [4.69, 9.17) is 5.11 Å². The largest absolute Gasteiger partial charge is 0.396 e. The summed E-state index contributed by atoms with van der Waals surface area (Å²) in [5, 5.41) is 12.1. The number of hydrogen-bond donors (Lipinski definition) is 2. The average Bonchev–Trinajstić information content (AvgIpc) is 2.30. The highest BCUT2D eigenvalue weighted by Crippen LogP contribution is 2.19. The molecule has 0 saturated carbocycles. The van der Waals surface area contributed by atoms with E-state index >= 15 is 0 Å². The summed E-state index contributed by atoms with van der Waals surface area (Å²) >= 11 is 1.81. The van der Waals surface area contributed by atoms with Crippen molar-refractivity contribution in [1.82, 2.24) is 5.32 Å². The van der Waals surface area contributed by atoms with E-state index in [0.29, 0.717) is 0 Å². The second kappa shape index (κ2) is 8.62. The van der Waals surface area contributed by atoms with Crippen molar-refractivity contribution in [2.75, 3.05) is 18.9 Å². The van der Waals surface area contributed by atoms with Crippen LogP contribution in [-0.2, 0) is 6.54 Å². The quantitative estimate of drug-likeness (QED) is 0.540. The molecule has 16 heavy (non-hydrogen) atoms. The molecule has 0 aliphatic heterocycles. The van der Waals surface area contributed by atoms with Crippen LogP contribution in [0.2, 0.25) is 0 Å². The number of aliphatic hydroxyl groups excluding tert-OH is 1. The zero-order chi connectivity index (χ0) is 11.6. The van der Waals surface area contributed by atoms with E-state index < -0.39 is 0 Å². The van der Waals surface area contributed by atoms with Gasteiger partial charge < -0.3 is 10.4 Å². The monoisotopic (exact) mass is 239 g/mol. The van der Waals surface area contributed by atoms with Gasteiger partial charge in [0.1, 0.15) is 0 Å². The Balaban J connectivity index is 2.37. The molecule has 0 radical (unpaired) electrons. The second-order valence-electron chi connectivity index (χ2n) is 3.75. The van der Waals surface area contributed by atoms with Crippen LogP contribution < -0.4 is 5.32 Å². The molecule has 90 valence electrons. The summed E-state index contributed by atoms with van der Waals surface area (Å²) in [6.07, 6.45) is 2.04. The Morgan fingerprint density at radius 1 is 1.38 bits per heavy atom. The number of rotatable bonds is 8. The molecule has 2 N–H and O–H groups in total. The van der Waals surface area contributed by atoms with Crippen molar-refractivity contribution in [2.24, 2.45) is 0 Å². The molecule has 0 heterocycles. The summed E-state index contributed by atoms with van der Waals surface area (Å²) in [5.74, 6) is 0.988. The van der Waals surface area contributed by atoms with Crippen LogP contribution in [0, 0.1) is 0 Å². The van der Waals surface area contributed by atoms with Crippen molar-refractivity contribution in [3.63, 3.8) is 0 Å². The third-order valence-electron chi connectivity index (χ3n) is 2.23. The van der Waals surface area contributed by atoms with Crippen molar-refractivity contribution in [1.29, 1.82) is 0 Å². The molecule has 0 spiro atoms. The van der Waals surface area contributed by atoms with Crippen LogP contribution in [0.25, 0.3) is 0 Å². The van der Waals surface area contributed by atoms with Gasteiger partial charge >= 0.3 is 0 Å². The Hall–Kier alpha value is -0.510. The van der Waals surface area contributed by atoms with Crippen LogP contribution in [0.1, 0.15) is 25.3 Å². The molecule has 0 aliphatic rings. The summed E-state index contributed by atoms with van der Waals surface area (Å²) in [5.41, 5.74) is 1.34. The van der Waals surface area contributed by atoms with Gasteiger partial charge in [0, 0.05) is 23.8 Å². The molecule has 2 nitrogen and oxygen atoms in total. The predicted molar refractivity (Wildman–Crippen MR) is 70.9 cm³/mol. The number of aliphatic hydroxyl groups is 1. The van der Waals surface area contributed by atoms with E-state index in [1.165, 1.54) is 16.9 Å². The predicted octanol–water partition coefficient (Wildman–Crippen LogP) is 2.66. The lowest BCUT2D eigenvalue weighted by molar-refractivity contribution is 0.296. The number of thioether (sulfide) groups is 1. The third kappa shape index (κ3) is 5.54. The highest BCUT2D eigenvalue weighted by atomic mass is 32.2. The summed E-state index contributed by atoms with van der Waals surface area (Å²) < 4.78 is 0. The fourth-order valence-electron chi connectivity index (χ4n) is 1.41. The first-order valence-corrected chi connectivity index (χ1v) is 6.88. The number of hydrogen-bond acceptors (Lipinski definition) is 3. The van der Waals surface area contributed by atoms with Crippen LogP contribution >= 0.6 is 11.8 Å². The minimum absolute atomic E-state index is 0.282. The topological polar surface area (TPSA) is 32.3 Å². The summed E-state index contributed by atoms with van der Waals surface area (Å²) in [4.78, 5) is 1.30. The van der Waals surface area contributed by atoms with Crippen LogP contribution in [0.5, 0.6) is 0 Å². The van der Waals surface area contributed by atoms with E-state index in [2.05, 4.69) is 36.5 Å². The first-order valence-electron chi connectivity index (χ1n) is 5.90. The molecule has 0 fully saturated rings. The lowest BCUT2D eigenvalue weighted by Crippen LogP contribution is -2.13. The van der Waals surface area contributed by atoms with E-state index in [0.717, 1.165) is 25.3 Å². The number of benzene rings is 1. The third-order valence-corrected chi connectivity index (χ3v) is 3.31. The van der Waals surface area contributed by atoms with Gasteiger partial charge in [0.2, 0.25) is 0 Å².